The van der Waals surface area contributed by atoms with Gasteiger partial charge in [0.05, 0.1) is 21.1 Å². The average Bonchev–Trinajstić information content (AvgIpc) is 3.66. The summed E-state index contributed by atoms with van der Waals surface area (Å²) in [4.78, 5) is 7.30. The van der Waals surface area contributed by atoms with Crippen LogP contribution in [0, 0.1) is 0 Å². The summed E-state index contributed by atoms with van der Waals surface area (Å²) in [6.07, 6.45) is 4.25. The third-order valence-electron chi connectivity index (χ3n) is 6.08. The van der Waals surface area contributed by atoms with Crippen molar-refractivity contribution in [2.24, 2.45) is 0 Å². The van der Waals surface area contributed by atoms with Crippen LogP contribution < -0.4 is 9.75 Å². The summed E-state index contributed by atoms with van der Waals surface area (Å²) < 4.78 is 18.9. The van der Waals surface area contributed by atoms with E-state index in [1.165, 1.54) is 15.3 Å². The maximum atomic E-state index is 5.59. The van der Waals surface area contributed by atoms with Crippen LogP contribution >= 0.6 is 22.7 Å². The molecule has 4 aromatic heterocycles. The predicted octanol–water partition coefficient (Wildman–Crippen LogP) is 5.63. The molecule has 0 spiro atoms. The quantitative estimate of drug-likeness (QED) is 0.183. The van der Waals surface area contributed by atoms with E-state index in [9.17, 15) is 0 Å². The van der Waals surface area contributed by atoms with Gasteiger partial charge in [0.1, 0.15) is 0 Å². The molecule has 0 aliphatic heterocycles. The molecule has 0 amide bonds. The highest BCUT2D eigenvalue weighted by Gasteiger charge is 2.40. The third kappa shape index (κ3) is 5.10. The Morgan fingerprint density at radius 2 is 1.28 bits per heavy atom. The lowest BCUT2D eigenvalue weighted by atomic mass is 10.0. The lowest BCUT2D eigenvalue weighted by molar-refractivity contribution is -0.688. The van der Waals surface area contributed by atoms with Gasteiger partial charge in [-0.15, -0.1) is 22.7 Å². The van der Waals surface area contributed by atoms with Crippen molar-refractivity contribution in [3.05, 3.63) is 102 Å². The Morgan fingerprint density at radius 1 is 0.722 bits per heavy atom. The molecule has 36 heavy (non-hydrogen) atoms. The summed E-state index contributed by atoms with van der Waals surface area (Å²) in [6, 6.07) is 25.3. The molecule has 1 aromatic carbocycles. The van der Waals surface area contributed by atoms with Crippen LogP contribution in [0.5, 0.6) is 0 Å². The molecular weight excluding hydrogens is 505 g/mol. The van der Waals surface area contributed by atoms with E-state index in [-0.39, 0.29) is 0 Å². The Kier molecular flexibility index (Phi) is 7.52. The molecule has 0 fully saturated rings. The fourth-order valence-electron chi connectivity index (χ4n) is 4.18. The number of hydrogen-bond donors (Lipinski definition) is 0. The van der Waals surface area contributed by atoms with Crippen LogP contribution in [-0.2, 0) is 19.8 Å². The van der Waals surface area contributed by atoms with E-state index in [2.05, 4.69) is 88.4 Å². The summed E-state index contributed by atoms with van der Waals surface area (Å²) in [7, 11) is 2.06. The van der Waals surface area contributed by atoms with Crippen molar-refractivity contribution in [2.45, 2.75) is 6.54 Å². The van der Waals surface area contributed by atoms with Crippen molar-refractivity contribution in [3.8, 4) is 32.3 Å². The minimum Gasteiger partial charge on any atom is -0.373 e. The Morgan fingerprint density at radius 3 is 1.75 bits per heavy atom. The summed E-state index contributed by atoms with van der Waals surface area (Å²) >= 11 is 3.42. The third-order valence-corrected chi connectivity index (χ3v) is 10.5. The first-order valence-corrected chi connectivity index (χ1v) is 15.0. The van der Waals surface area contributed by atoms with Crippen LogP contribution in [0.15, 0.2) is 96.0 Å². The van der Waals surface area contributed by atoms with Gasteiger partial charge in [0.2, 0.25) is 0 Å². The number of rotatable bonds is 9. The van der Waals surface area contributed by atoms with E-state index < -0.39 is 8.80 Å². The second-order valence-electron chi connectivity index (χ2n) is 8.21. The van der Waals surface area contributed by atoms with Crippen LogP contribution in [0.3, 0.4) is 0 Å². The zero-order valence-corrected chi connectivity index (χ0v) is 23.0. The topological polar surface area (TPSA) is 44.5 Å². The summed E-state index contributed by atoms with van der Waals surface area (Å²) in [5, 5.41) is 5.13. The number of nitrogens with zero attached hydrogens (tertiary/aromatic N) is 2. The molecule has 0 bridgehead atoms. The fraction of sp³-hybridized carbons (Fsp3) is 0.143. The maximum Gasteiger partial charge on any atom is 0.536 e. The van der Waals surface area contributed by atoms with E-state index in [4.69, 9.17) is 18.3 Å². The summed E-state index contributed by atoms with van der Waals surface area (Å²) in [5.74, 6) is 0. The molecule has 182 valence electrons. The Hall–Kier alpha value is -2.98. The van der Waals surface area contributed by atoms with E-state index >= 15 is 0 Å². The first-order chi connectivity index (χ1) is 17.6. The van der Waals surface area contributed by atoms with Gasteiger partial charge in [-0.1, -0.05) is 36.4 Å². The molecule has 5 nitrogen and oxygen atoms in total. The van der Waals surface area contributed by atoms with Gasteiger partial charge in [0.15, 0.2) is 18.9 Å². The van der Waals surface area contributed by atoms with Gasteiger partial charge in [0, 0.05) is 44.2 Å². The molecule has 0 saturated heterocycles. The second-order valence-corrected chi connectivity index (χ2v) is 13.0. The van der Waals surface area contributed by atoms with E-state index in [1.54, 1.807) is 44.0 Å². The second kappa shape index (κ2) is 11.0. The molecule has 5 aromatic rings. The predicted molar refractivity (Wildman–Crippen MR) is 148 cm³/mol. The van der Waals surface area contributed by atoms with Gasteiger partial charge >= 0.3 is 8.80 Å². The first-order valence-electron chi connectivity index (χ1n) is 11.5. The highest BCUT2D eigenvalue weighted by molar-refractivity contribution is 7.13. The summed E-state index contributed by atoms with van der Waals surface area (Å²) in [6.45, 7) is 0.763. The zero-order chi connectivity index (χ0) is 25.0. The van der Waals surface area contributed by atoms with Crippen LogP contribution in [-0.4, -0.2) is 35.1 Å². The molecule has 4 heterocycles. The monoisotopic (exact) mass is 531 g/mol. The minimum atomic E-state index is -2.81. The minimum absolute atomic E-state index is 0.763. The molecule has 8 heteroatoms. The van der Waals surface area contributed by atoms with Crippen molar-refractivity contribution in [3.63, 3.8) is 0 Å². The number of aromatic nitrogens is 2. The number of benzene rings is 1. The van der Waals surface area contributed by atoms with Gasteiger partial charge < -0.3 is 13.3 Å². The van der Waals surface area contributed by atoms with Gasteiger partial charge in [-0.3, -0.25) is 0 Å². The Bertz CT molecular complexity index is 1340. The molecule has 0 N–H and O–H groups in total. The average molecular weight is 532 g/mol. The van der Waals surface area contributed by atoms with Crippen molar-refractivity contribution < 1.29 is 17.8 Å². The molecule has 0 unspecified atom stereocenters. The van der Waals surface area contributed by atoms with Crippen LogP contribution in [0.4, 0.5) is 0 Å². The molecule has 0 radical (unpaired) electrons. The van der Waals surface area contributed by atoms with Crippen LogP contribution in [0.25, 0.3) is 32.3 Å². The van der Waals surface area contributed by atoms with Crippen molar-refractivity contribution >= 4 is 36.7 Å². The Balaban J connectivity index is 1.39. The molecular formula is C28H27N2O3S2Si+. The normalized spacial score (nSPS) is 11.6. The highest BCUT2D eigenvalue weighted by Crippen LogP contribution is 2.33. The molecule has 0 aliphatic carbocycles. The van der Waals surface area contributed by atoms with Crippen LogP contribution in [0.1, 0.15) is 5.56 Å². The van der Waals surface area contributed by atoms with E-state index in [1.807, 2.05) is 12.1 Å². The fourth-order valence-corrected chi connectivity index (χ4v) is 7.34. The van der Waals surface area contributed by atoms with Crippen molar-refractivity contribution in [1.82, 2.24) is 4.98 Å². The van der Waals surface area contributed by atoms with Gasteiger partial charge in [0.25, 0.3) is 0 Å². The Labute approximate surface area is 220 Å². The van der Waals surface area contributed by atoms with Crippen LogP contribution in [0.2, 0.25) is 0 Å². The highest BCUT2D eigenvalue weighted by atomic mass is 32.1. The van der Waals surface area contributed by atoms with Crippen molar-refractivity contribution in [2.75, 3.05) is 21.3 Å². The van der Waals surface area contributed by atoms with Gasteiger partial charge in [-0.25, -0.2) is 9.55 Å². The SMILES string of the molecule is CO[Si](OC)(OC)c1ccc(C[n+]2ccc(-c3cc(-c4cccs4)nc(-c4cccs4)c3)cc2)cc1. The molecule has 0 aliphatic rings. The zero-order valence-electron chi connectivity index (χ0n) is 20.4. The molecule has 0 atom stereocenters. The number of pyridine rings is 2. The summed E-state index contributed by atoms with van der Waals surface area (Å²) in [5.41, 5.74) is 5.52. The largest absolute Gasteiger partial charge is 0.536 e. The smallest absolute Gasteiger partial charge is 0.373 e. The van der Waals surface area contributed by atoms with Gasteiger partial charge in [-0.2, -0.15) is 0 Å². The maximum absolute atomic E-state index is 5.59. The van der Waals surface area contributed by atoms with Gasteiger partial charge in [-0.05, 0) is 46.2 Å². The number of hydrogen-bond acceptors (Lipinski definition) is 6. The number of thiophene rings is 2. The lowest BCUT2D eigenvalue weighted by Gasteiger charge is -2.24. The lowest BCUT2D eigenvalue weighted by Crippen LogP contribution is -2.54. The van der Waals surface area contributed by atoms with E-state index in [0.717, 1.165) is 34.2 Å². The molecule has 5 rings (SSSR count). The first kappa shape index (κ1) is 24.7. The standard InChI is InChI=1S/C28H27N2O3S2Si/c1-31-36(32-2,33-3)24-10-8-21(9-11-24)20-30-14-12-22(13-15-30)23-18-25(27-6-4-16-34-27)29-26(19-23)28-7-5-17-35-28/h4-19H,20H2,1-3H3/q+1. The van der Waals surface area contributed by atoms with Crippen molar-refractivity contribution in [1.29, 1.82) is 0 Å². The van der Waals surface area contributed by atoms with E-state index in [0.29, 0.717) is 0 Å². The molecule has 0 saturated carbocycles.